The summed E-state index contributed by atoms with van der Waals surface area (Å²) in [4.78, 5) is 25.2. The van der Waals surface area contributed by atoms with Crippen LogP contribution in [0.2, 0.25) is 0 Å². The number of rotatable bonds is 1. The summed E-state index contributed by atoms with van der Waals surface area (Å²) in [6, 6.07) is 0. The van der Waals surface area contributed by atoms with Crippen LogP contribution in [-0.4, -0.2) is 25.9 Å². The maximum atomic E-state index is 11.8. The SMILES string of the molecule is CSc1ncc2c(n1)sc1c(=O)n(N)cnc12. The average molecular weight is 265 g/mol. The quantitative estimate of drug-likeness (QED) is 0.398. The first-order valence-electron chi connectivity index (χ1n) is 4.66. The third-order valence-electron chi connectivity index (χ3n) is 2.32. The van der Waals surface area contributed by atoms with Crippen LogP contribution in [0.25, 0.3) is 20.4 Å². The summed E-state index contributed by atoms with van der Waals surface area (Å²) in [7, 11) is 0. The highest BCUT2D eigenvalue weighted by atomic mass is 32.2. The van der Waals surface area contributed by atoms with E-state index in [0.717, 1.165) is 14.9 Å². The second kappa shape index (κ2) is 3.67. The molecule has 0 spiro atoms. The van der Waals surface area contributed by atoms with Crippen molar-refractivity contribution < 1.29 is 0 Å². The maximum Gasteiger partial charge on any atom is 0.289 e. The van der Waals surface area contributed by atoms with Gasteiger partial charge in [0.2, 0.25) is 0 Å². The normalized spacial score (nSPS) is 11.4. The molecule has 3 rings (SSSR count). The van der Waals surface area contributed by atoms with Gasteiger partial charge in [-0.05, 0) is 6.26 Å². The number of fused-ring (bicyclic) bond motifs is 3. The van der Waals surface area contributed by atoms with Crippen LogP contribution in [0.5, 0.6) is 0 Å². The highest BCUT2D eigenvalue weighted by Gasteiger charge is 2.12. The summed E-state index contributed by atoms with van der Waals surface area (Å²) >= 11 is 2.75. The number of thiophene rings is 1. The van der Waals surface area contributed by atoms with Crippen LogP contribution in [-0.2, 0) is 0 Å². The summed E-state index contributed by atoms with van der Waals surface area (Å²) in [5, 5.41) is 1.47. The number of aromatic nitrogens is 4. The van der Waals surface area contributed by atoms with E-state index in [1.54, 1.807) is 6.20 Å². The molecule has 0 saturated carbocycles. The summed E-state index contributed by atoms with van der Waals surface area (Å²) in [6.45, 7) is 0. The van der Waals surface area contributed by atoms with Crippen molar-refractivity contribution in [1.29, 1.82) is 0 Å². The largest absolute Gasteiger partial charge is 0.335 e. The van der Waals surface area contributed by atoms with E-state index >= 15 is 0 Å². The lowest BCUT2D eigenvalue weighted by molar-refractivity contribution is 0.917. The second-order valence-electron chi connectivity index (χ2n) is 3.31. The molecule has 2 N–H and O–H groups in total. The lowest BCUT2D eigenvalue weighted by atomic mass is 10.3. The zero-order valence-corrected chi connectivity index (χ0v) is 10.4. The first-order chi connectivity index (χ1) is 8.20. The Labute approximate surface area is 103 Å². The number of nitrogens with zero attached hydrogens (tertiary/aromatic N) is 4. The molecule has 6 nitrogen and oxygen atoms in total. The summed E-state index contributed by atoms with van der Waals surface area (Å²) < 4.78 is 1.48. The smallest absolute Gasteiger partial charge is 0.289 e. The van der Waals surface area contributed by atoms with Crippen molar-refractivity contribution in [2.45, 2.75) is 5.16 Å². The molecular formula is C9H7N5OS2. The van der Waals surface area contributed by atoms with E-state index in [4.69, 9.17) is 5.84 Å². The number of nitrogen functional groups attached to an aromatic ring is 1. The van der Waals surface area contributed by atoms with Gasteiger partial charge in [-0.15, -0.1) is 11.3 Å². The molecule has 0 radical (unpaired) electrons. The van der Waals surface area contributed by atoms with Crippen LogP contribution in [0, 0.1) is 0 Å². The Hall–Kier alpha value is -1.67. The van der Waals surface area contributed by atoms with Crippen LogP contribution in [0.4, 0.5) is 0 Å². The van der Waals surface area contributed by atoms with Crippen LogP contribution in [0.3, 0.4) is 0 Å². The molecule has 8 heteroatoms. The lowest BCUT2D eigenvalue weighted by Gasteiger charge is -1.95. The van der Waals surface area contributed by atoms with Gasteiger partial charge in [-0.1, -0.05) is 11.8 Å². The van der Waals surface area contributed by atoms with Gasteiger partial charge in [-0.2, -0.15) is 0 Å². The fraction of sp³-hybridized carbons (Fsp3) is 0.111. The molecule has 0 bridgehead atoms. The van der Waals surface area contributed by atoms with Gasteiger partial charge in [0.05, 0.1) is 10.9 Å². The van der Waals surface area contributed by atoms with Gasteiger partial charge < -0.3 is 5.84 Å². The first-order valence-corrected chi connectivity index (χ1v) is 6.71. The van der Waals surface area contributed by atoms with Crippen LogP contribution in [0.15, 0.2) is 22.5 Å². The van der Waals surface area contributed by atoms with E-state index in [2.05, 4.69) is 15.0 Å². The minimum Gasteiger partial charge on any atom is -0.335 e. The highest BCUT2D eigenvalue weighted by Crippen LogP contribution is 2.28. The average Bonchev–Trinajstić information content (AvgIpc) is 2.72. The monoisotopic (exact) mass is 265 g/mol. The van der Waals surface area contributed by atoms with E-state index < -0.39 is 0 Å². The minimum absolute atomic E-state index is 0.260. The van der Waals surface area contributed by atoms with Crippen LogP contribution in [0.1, 0.15) is 0 Å². The number of nitrogens with two attached hydrogens (primary N) is 1. The molecule has 3 aromatic rings. The van der Waals surface area contributed by atoms with Crippen LogP contribution < -0.4 is 11.4 Å². The van der Waals surface area contributed by atoms with Gasteiger partial charge in [0, 0.05) is 6.20 Å². The Morgan fingerprint density at radius 1 is 1.47 bits per heavy atom. The zero-order valence-electron chi connectivity index (χ0n) is 8.75. The lowest BCUT2D eigenvalue weighted by Crippen LogP contribution is -2.26. The second-order valence-corrected chi connectivity index (χ2v) is 5.08. The van der Waals surface area contributed by atoms with Crippen LogP contribution >= 0.6 is 23.1 Å². The van der Waals surface area contributed by atoms with Gasteiger partial charge in [0.15, 0.2) is 5.16 Å². The zero-order chi connectivity index (χ0) is 12.0. The maximum absolute atomic E-state index is 11.8. The van der Waals surface area contributed by atoms with Gasteiger partial charge in [-0.25, -0.2) is 19.6 Å². The predicted molar refractivity (Wildman–Crippen MR) is 68.9 cm³/mol. The standard InChI is InChI=1S/C9H7N5OS2/c1-16-9-11-2-4-5-6(17-7(4)13-9)8(15)14(10)3-12-5/h2-3H,10H2,1H3. The van der Waals surface area contributed by atoms with Gasteiger partial charge in [0.25, 0.3) is 5.56 Å². The van der Waals surface area contributed by atoms with E-state index in [1.165, 1.54) is 29.4 Å². The Kier molecular flexibility index (Phi) is 2.26. The molecule has 86 valence electrons. The van der Waals surface area contributed by atoms with E-state index in [-0.39, 0.29) is 5.56 Å². The molecule has 0 aliphatic rings. The summed E-state index contributed by atoms with van der Waals surface area (Å²) in [5.74, 6) is 5.47. The molecule has 0 saturated heterocycles. The molecule has 17 heavy (non-hydrogen) atoms. The fourth-order valence-electron chi connectivity index (χ4n) is 1.52. The molecule has 3 heterocycles. The molecule has 0 atom stereocenters. The highest BCUT2D eigenvalue weighted by molar-refractivity contribution is 7.98. The van der Waals surface area contributed by atoms with Gasteiger partial charge in [-0.3, -0.25) is 4.79 Å². The van der Waals surface area contributed by atoms with E-state index in [9.17, 15) is 4.79 Å². The molecule has 3 aromatic heterocycles. The van der Waals surface area contributed by atoms with Crippen molar-refractivity contribution in [2.75, 3.05) is 12.1 Å². The van der Waals surface area contributed by atoms with Crippen molar-refractivity contribution in [3.63, 3.8) is 0 Å². The number of hydrogen-bond donors (Lipinski definition) is 1. The first kappa shape index (κ1) is 10.5. The van der Waals surface area contributed by atoms with Crippen molar-refractivity contribution in [3.05, 3.63) is 22.9 Å². The number of thioether (sulfide) groups is 1. The predicted octanol–water partition coefficient (Wildman–Crippen LogP) is 0.837. The van der Waals surface area contributed by atoms with E-state index in [0.29, 0.717) is 15.4 Å². The Balaban J connectivity index is 2.49. The molecular weight excluding hydrogens is 258 g/mol. The minimum atomic E-state index is -0.260. The Morgan fingerprint density at radius 2 is 2.29 bits per heavy atom. The number of hydrogen-bond acceptors (Lipinski definition) is 7. The van der Waals surface area contributed by atoms with Crippen molar-refractivity contribution in [3.8, 4) is 0 Å². The third-order valence-corrected chi connectivity index (χ3v) is 3.96. The molecule has 0 amide bonds. The third kappa shape index (κ3) is 1.48. The van der Waals surface area contributed by atoms with E-state index in [1.807, 2.05) is 6.26 Å². The summed E-state index contributed by atoms with van der Waals surface area (Å²) in [6.07, 6.45) is 4.90. The van der Waals surface area contributed by atoms with Gasteiger partial charge in [0.1, 0.15) is 15.9 Å². The van der Waals surface area contributed by atoms with Crippen molar-refractivity contribution >= 4 is 43.5 Å². The molecule has 0 aliphatic heterocycles. The Bertz CT molecular complexity index is 778. The Morgan fingerprint density at radius 3 is 3.06 bits per heavy atom. The fourth-order valence-corrected chi connectivity index (χ4v) is 2.95. The topological polar surface area (TPSA) is 86.7 Å². The molecule has 0 aromatic carbocycles. The molecule has 0 fully saturated rings. The molecule has 0 aliphatic carbocycles. The van der Waals surface area contributed by atoms with Gasteiger partial charge >= 0.3 is 0 Å². The van der Waals surface area contributed by atoms with Crippen molar-refractivity contribution in [1.82, 2.24) is 19.6 Å². The molecule has 0 unspecified atom stereocenters. The van der Waals surface area contributed by atoms with Crippen molar-refractivity contribution in [2.24, 2.45) is 0 Å². The summed E-state index contributed by atoms with van der Waals surface area (Å²) in [5.41, 5.74) is 0.355.